The van der Waals surface area contributed by atoms with Gasteiger partial charge in [0.2, 0.25) is 0 Å². The van der Waals surface area contributed by atoms with Gasteiger partial charge in [0.05, 0.1) is 31.3 Å². The number of amides is 1. The molecular weight excluding hydrogens is 518 g/mol. The molecule has 1 saturated carbocycles. The third kappa shape index (κ3) is 5.75. The monoisotopic (exact) mass is 554 g/mol. The van der Waals surface area contributed by atoms with Gasteiger partial charge in [-0.05, 0) is 25.0 Å². The van der Waals surface area contributed by atoms with Gasteiger partial charge in [0.15, 0.2) is 23.1 Å². The lowest BCUT2D eigenvalue weighted by Gasteiger charge is -2.41. The van der Waals surface area contributed by atoms with Gasteiger partial charge >= 0.3 is 0 Å². The molecule has 8 nitrogen and oxygen atoms in total. The summed E-state index contributed by atoms with van der Waals surface area (Å²) in [5.74, 6) is -2.16. The number of carbonyl (C=O) groups excluding carboxylic acids is 1. The van der Waals surface area contributed by atoms with E-state index in [2.05, 4.69) is 10.3 Å². The fourth-order valence-corrected chi connectivity index (χ4v) is 6.00. The maximum atomic E-state index is 14.1. The molecule has 2 aromatic carbocycles. The topological polar surface area (TPSA) is 88.8 Å². The molecule has 1 aliphatic heterocycles. The van der Waals surface area contributed by atoms with Crippen LogP contribution in [0.5, 0.6) is 5.75 Å². The van der Waals surface area contributed by atoms with Crippen molar-refractivity contribution in [1.29, 1.82) is 0 Å². The van der Waals surface area contributed by atoms with E-state index in [4.69, 9.17) is 9.47 Å². The van der Waals surface area contributed by atoms with E-state index in [0.29, 0.717) is 43.9 Å². The number of halogens is 2. The Hall–Kier alpha value is -3.34. The molecule has 0 bridgehead atoms. The lowest BCUT2D eigenvalue weighted by atomic mass is 9.80. The minimum Gasteiger partial charge on any atom is -0.488 e. The zero-order valence-corrected chi connectivity index (χ0v) is 22.7. The van der Waals surface area contributed by atoms with Gasteiger partial charge in [-0.3, -0.25) is 4.79 Å². The van der Waals surface area contributed by atoms with Gasteiger partial charge in [0, 0.05) is 44.8 Å². The van der Waals surface area contributed by atoms with Gasteiger partial charge in [-0.1, -0.05) is 49.2 Å². The molecule has 0 unspecified atom stereocenters. The van der Waals surface area contributed by atoms with E-state index >= 15 is 0 Å². The molecule has 214 valence electrons. The number of aliphatic hydroxyl groups is 1. The maximum Gasteiger partial charge on any atom is 0.275 e. The smallest absolute Gasteiger partial charge is 0.275 e. The fraction of sp³-hybridized carbons (Fsp3) is 0.467. The van der Waals surface area contributed by atoms with E-state index < -0.39 is 23.0 Å². The van der Waals surface area contributed by atoms with Crippen LogP contribution < -0.4 is 10.1 Å². The second-order valence-corrected chi connectivity index (χ2v) is 10.6. The minimum absolute atomic E-state index is 0.0418. The van der Waals surface area contributed by atoms with E-state index in [1.54, 1.807) is 18.3 Å². The van der Waals surface area contributed by atoms with Crippen molar-refractivity contribution in [3.05, 3.63) is 72.2 Å². The quantitative estimate of drug-likeness (QED) is 0.412. The van der Waals surface area contributed by atoms with Crippen LogP contribution in [0.1, 0.15) is 48.6 Å². The van der Waals surface area contributed by atoms with Crippen LogP contribution in [0.15, 0.2) is 54.9 Å². The molecular formula is C30H36F2N4O4. The predicted octanol–water partition coefficient (Wildman–Crippen LogP) is 4.20. The summed E-state index contributed by atoms with van der Waals surface area (Å²) in [4.78, 5) is 20.5. The van der Waals surface area contributed by atoms with E-state index in [-0.39, 0.29) is 31.2 Å². The van der Waals surface area contributed by atoms with E-state index in [9.17, 15) is 18.7 Å². The number of aromatic nitrogens is 2. The van der Waals surface area contributed by atoms with Crippen molar-refractivity contribution in [3.63, 3.8) is 0 Å². The standard InChI is InChI=1S/C30H36F2N4O4/c1-39-19-30(38)14-6-5-12-25(30)36-20-34-26(27(36)21-8-3-2-4-9-21)29(37)35-16-15-33-18-22(35)13-17-40-28-23(31)10-7-11-24(28)32/h2-4,7-11,20,22,25,33,38H,5-6,12-19H2,1H3/t22-,25-,30-/m1/s1. The number of para-hydroxylation sites is 1. The van der Waals surface area contributed by atoms with Crippen LogP contribution in [0.25, 0.3) is 11.3 Å². The van der Waals surface area contributed by atoms with Crippen LogP contribution in [0.3, 0.4) is 0 Å². The SMILES string of the molecule is COC[C@]1(O)CCCC[C@H]1n1cnc(C(=O)N2CCNC[C@H]2CCOc2c(F)cccc2F)c1-c1ccccc1. The number of hydrogen-bond donors (Lipinski definition) is 2. The first-order valence-electron chi connectivity index (χ1n) is 13.8. The van der Waals surface area contributed by atoms with Crippen molar-refractivity contribution in [2.45, 2.75) is 49.8 Å². The van der Waals surface area contributed by atoms with E-state index in [0.717, 1.165) is 37.0 Å². The average Bonchev–Trinajstić information content (AvgIpc) is 3.40. The molecule has 1 amide bonds. The van der Waals surface area contributed by atoms with Crippen LogP contribution >= 0.6 is 0 Å². The third-order valence-electron chi connectivity index (χ3n) is 7.96. The number of benzene rings is 2. The molecule has 40 heavy (non-hydrogen) atoms. The molecule has 1 saturated heterocycles. The normalized spacial score (nSPS) is 23.2. The number of carbonyl (C=O) groups is 1. The molecule has 5 rings (SSSR count). The first-order valence-corrected chi connectivity index (χ1v) is 13.8. The number of methoxy groups -OCH3 is 1. The van der Waals surface area contributed by atoms with Gasteiger partial charge in [-0.25, -0.2) is 13.8 Å². The highest BCUT2D eigenvalue weighted by Crippen LogP contribution is 2.41. The minimum atomic E-state index is -1.07. The van der Waals surface area contributed by atoms with Crippen LogP contribution in [0.2, 0.25) is 0 Å². The summed E-state index contributed by atoms with van der Waals surface area (Å²) in [7, 11) is 1.58. The molecule has 1 aliphatic carbocycles. The van der Waals surface area contributed by atoms with Gasteiger partial charge in [-0.15, -0.1) is 0 Å². The summed E-state index contributed by atoms with van der Waals surface area (Å²) < 4.78 is 40.9. The average molecular weight is 555 g/mol. The highest BCUT2D eigenvalue weighted by molar-refractivity contribution is 5.98. The Morgan fingerprint density at radius 2 is 1.93 bits per heavy atom. The number of ether oxygens (including phenoxy) is 2. The van der Waals surface area contributed by atoms with Gasteiger partial charge in [0.25, 0.3) is 5.91 Å². The summed E-state index contributed by atoms with van der Waals surface area (Å²) >= 11 is 0. The summed E-state index contributed by atoms with van der Waals surface area (Å²) in [5.41, 5.74) is 0.728. The number of piperazine rings is 1. The molecule has 2 fully saturated rings. The second-order valence-electron chi connectivity index (χ2n) is 10.6. The molecule has 3 atom stereocenters. The molecule has 10 heteroatoms. The van der Waals surface area contributed by atoms with Crippen LogP contribution in [-0.4, -0.2) is 77.1 Å². The number of nitrogens with zero attached hydrogens (tertiary/aromatic N) is 3. The van der Waals surface area contributed by atoms with Gasteiger partial charge < -0.3 is 29.4 Å². The Balaban J connectivity index is 1.43. The molecule has 1 aromatic heterocycles. The number of nitrogens with one attached hydrogen (secondary N) is 1. The fourth-order valence-electron chi connectivity index (χ4n) is 6.00. The Labute approximate surface area is 232 Å². The lowest BCUT2D eigenvalue weighted by Crippen LogP contribution is -2.54. The summed E-state index contributed by atoms with van der Waals surface area (Å²) in [6.45, 7) is 1.82. The third-order valence-corrected chi connectivity index (χ3v) is 7.96. The summed E-state index contributed by atoms with van der Waals surface area (Å²) in [5, 5.41) is 14.9. The maximum absolute atomic E-state index is 14.1. The molecule has 0 spiro atoms. The zero-order chi connectivity index (χ0) is 28.1. The van der Waals surface area contributed by atoms with Crippen molar-refractivity contribution in [2.75, 3.05) is 40.0 Å². The number of rotatable bonds is 9. The lowest BCUT2D eigenvalue weighted by molar-refractivity contribution is -0.0893. The second kappa shape index (κ2) is 12.4. The predicted molar refractivity (Wildman–Crippen MR) is 146 cm³/mol. The number of hydrogen-bond acceptors (Lipinski definition) is 6. The molecule has 2 N–H and O–H groups in total. The van der Waals surface area contributed by atoms with Crippen LogP contribution in [0, 0.1) is 11.6 Å². The van der Waals surface area contributed by atoms with E-state index in [1.165, 1.54) is 6.07 Å². The van der Waals surface area contributed by atoms with Gasteiger partial charge in [-0.2, -0.15) is 0 Å². The molecule has 0 radical (unpaired) electrons. The Kier molecular flexibility index (Phi) is 8.78. The Bertz CT molecular complexity index is 1280. The van der Waals surface area contributed by atoms with Crippen LogP contribution in [-0.2, 0) is 4.74 Å². The Morgan fingerprint density at radius 1 is 1.15 bits per heavy atom. The first-order chi connectivity index (χ1) is 19.4. The molecule has 2 heterocycles. The van der Waals surface area contributed by atoms with Crippen molar-refractivity contribution >= 4 is 5.91 Å². The summed E-state index contributed by atoms with van der Waals surface area (Å²) in [6.07, 6.45) is 5.23. The number of imidazole rings is 1. The van der Waals surface area contributed by atoms with Crippen molar-refractivity contribution in [3.8, 4) is 17.0 Å². The molecule has 2 aliphatic rings. The largest absolute Gasteiger partial charge is 0.488 e. The highest BCUT2D eigenvalue weighted by Gasteiger charge is 2.42. The van der Waals surface area contributed by atoms with E-state index in [1.807, 2.05) is 34.9 Å². The molecule has 3 aromatic rings. The first kappa shape index (κ1) is 28.2. The van der Waals surface area contributed by atoms with Crippen molar-refractivity contribution in [1.82, 2.24) is 19.8 Å². The summed E-state index contributed by atoms with van der Waals surface area (Å²) in [6, 6.07) is 12.7. The van der Waals surface area contributed by atoms with Gasteiger partial charge in [0.1, 0.15) is 5.60 Å². The van der Waals surface area contributed by atoms with Crippen molar-refractivity contribution < 1.29 is 28.2 Å². The highest BCUT2D eigenvalue weighted by atomic mass is 19.1. The Morgan fingerprint density at radius 3 is 2.67 bits per heavy atom. The van der Waals surface area contributed by atoms with Crippen molar-refractivity contribution in [2.24, 2.45) is 0 Å². The zero-order valence-electron chi connectivity index (χ0n) is 22.7. The van der Waals surface area contributed by atoms with Crippen LogP contribution in [0.4, 0.5) is 8.78 Å².